The van der Waals surface area contributed by atoms with Gasteiger partial charge >= 0.3 is 5.97 Å². The lowest BCUT2D eigenvalue weighted by molar-refractivity contribution is -0.147. The fourth-order valence-electron chi connectivity index (χ4n) is 3.87. The molecule has 0 spiro atoms. The lowest BCUT2D eigenvalue weighted by Crippen LogP contribution is -2.62. The third-order valence-corrected chi connectivity index (χ3v) is 7.95. The number of hydrogen-bond donors (Lipinski definition) is 1. The highest BCUT2D eigenvalue weighted by Crippen LogP contribution is 2.41. The summed E-state index contributed by atoms with van der Waals surface area (Å²) in [4.78, 5) is 27.8. The van der Waals surface area contributed by atoms with Crippen molar-refractivity contribution in [1.82, 2.24) is 25.1 Å². The van der Waals surface area contributed by atoms with E-state index in [1.54, 1.807) is 7.05 Å². The van der Waals surface area contributed by atoms with Crippen LogP contribution in [0, 0.1) is 0 Å². The van der Waals surface area contributed by atoms with Gasteiger partial charge in [-0.1, -0.05) is 77.6 Å². The van der Waals surface area contributed by atoms with Crippen LogP contribution in [0.3, 0.4) is 0 Å². The van der Waals surface area contributed by atoms with Gasteiger partial charge in [0, 0.05) is 18.6 Å². The van der Waals surface area contributed by atoms with Crippen molar-refractivity contribution < 1.29 is 19.5 Å². The lowest BCUT2D eigenvalue weighted by Gasteiger charge is -2.44. The summed E-state index contributed by atoms with van der Waals surface area (Å²) in [6, 6.07) is 18.9. The Bertz CT molecular complexity index is 1270. The molecule has 1 atom stereocenters. The van der Waals surface area contributed by atoms with E-state index in [0.717, 1.165) is 16.7 Å². The summed E-state index contributed by atoms with van der Waals surface area (Å²) in [6.07, 6.45) is -0.662. The van der Waals surface area contributed by atoms with Gasteiger partial charge in [0.2, 0.25) is 5.16 Å². The molecule has 0 bridgehead atoms. The number of carbonyl (C=O) groups is 2. The van der Waals surface area contributed by atoms with Crippen LogP contribution < -0.4 is 0 Å². The number of fused-ring (bicyclic) bond motifs is 1. The Morgan fingerprint density at radius 1 is 1.20 bits per heavy atom. The van der Waals surface area contributed by atoms with Gasteiger partial charge in [-0.05, 0) is 27.1 Å². The molecule has 0 aliphatic carbocycles. The predicted octanol–water partition coefficient (Wildman–Crippen LogP) is 2.63. The van der Waals surface area contributed by atoms with E-state index in [2.05, 4.69) is 20.7 Å². The Kier molecular flexibility index (Phi) is 6.55. The SMILES string of the molecule is Cn1nnnc1SCC1=C(C(=O)OC(c2ccccc2)c2ccccc2)N2C(=O)C(=NO)[C@@H]2SC1. The number of nitrogens with zero attached hydrogens (tertiary/aromatic N) is 6. The van der Waals surface area contributed by atoms with Gasteiger partial charge in [-0.2, -0.15) is 0 Å². The monoisotopic (exact) mass is 508 g/mol. The highest BCUT2D eigenvalue weighted by Gasteiger charge is 2.52. The molecule has 0 unspecified atom stereocenters. The first-order valence-electron chi connectivity index (χ1n) is 10.6. The zero-order valence-corrected chi connectivity index (χ0v) is 20.1. The number of hydrogen-bond acceptors (Lipinski definition) is 10. The number of amides is 1. The highest BCUT2D eigenvalue weighted by molar-refractivity contribution is 8.01. The van der Waals surface area contributed by atoms with Gasteiger partial charge in [-0.15, -0.1) is 16.9 Å². The maximum atomic E-state index is 13.7. The van der Waals surface area contributed by atoms with E-state index < -0.39 is 23.4 Å². The molecule has 10 nitrogen and oxygen atoms in total. The van der Waals surface area contributed by atoms with Crippen LogP contribution in [-0.4, -0.2) is 64.8 Å². The van der Waals surface area contributed by atoms with Crippen molar-refractivity contribution in [3.05, 3.63) is 83.1 Å². The fourth-order valence-corrected chi connectivity index (χ4v) is 6.11. The number of benzene rings is 2. The van der Waals surface area contributed by atoms with Crippen molar-refractivity contribution in [2.75, 3.05) is 11.5 Å². The van der Waals surface area contributed by atoms with Crippen molar-refractivity contribution in [3.63, 3.8) is 0 Å². The number of aryl methyl sites for hydroxylation is 1. The first-order chi connectivity index (χ1) is 17.1. The molecule has 178 valence electrons. The molecule has 5 rings (SSSR count). The molecule has 3 heterocycles. The third-order valence-electron chi connectivity index (χ3n) is 5.58. The second kappa shape index (κ2) is 9.92. The van der Waals surface area contributed by atoms with Crippen LogP contribution in [0.2, 0.25) is 0 Å². The van der Waals surface area contributed by atoms with Crippen LogP contribution in [0.4, 0.5) is 0 Å². The third kappa shape index (κ3) is 4.42. The molecule has 1 N–H and O–H groups in total. The van der Waals surface area contributed by atoms with Gasteiger partial charge in [-0.3, -0.25) is 9.69 Å². The number of oxime groups is 1. The average Bonchev–Trinajstić information content (AvgIpc) is 3.31. The maximum Gasteiger partial charge on any atom is 0.356 e. The van der Waals surface area contributed by atoms with E-state index in [-0.39, 0.29) is 11.4 Å². The Labute approximate surface area is 209 Å². The molecule has 0 saturated carbocycles. The molecule has 1 saturated heterocycles. The number of tetrazole rings is 1. The van der Waals surface area contributed by atoms with Crippen LogP contribution in [0.5, 0.6) is 0 Å². The molecule has 2 aromatic carbocycles. The number of aromatic nitrogens is 4. The van der Waals surface area contributed by atoms with Crippen LogP contribution in [0.15, 0.2) is 82.2 Å². The summed E-state index contributed by atoms with van der Waals surface area (Å²) in [5, 5.41) is 23.9. The Hall–Kier alpha value is -3.64. The van der Waals surface area contributed by atoms with E-state index in [0.29, 0.717) is 16.7 Å². The topological polar surface area (TPSA) is 123 Å². The summed E-state index contributed by atoms with van der Waals surface area (Å²) in [5.41, 5.74) is 2.53. The minimum absolute atomic E-state index is 0.0205. The van der Waals surface area contributed by atoms with Gasteiger partial charge in [-0.25, -0.2) is 9.48 Å². The summed E-state index contributed by atoms with van der Waals surface area (Å²) in [7, 11) is 1.73. The zero-order chi connectivity index (χ0) is 24.4. The molecule has 12 heteroatoms. The molecular formula is C23H20N6O4S2. The highest BCUT2D eigenvalue weighted by atomic mass is 32.2. The quantitative estimate of drug-likeness (QED) is 0.169. The van der Waals surface area contributed by atoms with Crippen LogP contribution in [-0.2, 0) is 21.4 Å². The molecule has 35 heavy (non-hydrogen) atoms. The molecule has 1 amide bonds. The molecule has 1 aromatic heterocycles. The molecule has 0 radical (unpaired) electrons. The standard InChI is InChI=1S/C23H20N6O4S2/c1-28-23(24-26-27-28)35-13-16-12-34-21-17(25-32)20(30)29(21)18(16)22(31)33-19(14-8-4-2-5-9-14)15-10-6-3-7-11-15/h2-11,19,21,32H,12-13H2,1H3/t21-/m0/s1. The average molecular weight is 509 g/mol. The van der Waals surface area contributed by atoms with Crippen molar-refractivity contribution >= 4 is 41.1 Å². The summed E-state index contributed by atoms with van der Waals surface area (Å²) >= 11 is 2.77. The summed E-state index contributed by atoms with van der Waals surface area (Å²) < 4.78 is 7.60. The van der Waals surface area contributed by atoms with Gasteiger partial charge in [0.1, 0.15) is 11.1 Å². The van der Waals surface area contributed by atoms with Crippen LogP contribution in [0.1, 0.15) is 17.2 Å². The number of ether oxygens (including phenoxy) is 1. The normalized spacial score (nSPS) is 18.6. The van der Waals surface area contributed by atoms with Gasteiger partial charge in [0.15, 0.2) is 11.8 Å². The van der Waals surface area contributed by atoms with E-state index in [4.69, 9.17) is 4.74 Å². The predicted molar refractivity (Wildman–Crippen MR) is 130 cm³/mol. The lowest BCUT2D eigenvalue weighted by atomic mass is 10.0. The van der Waals surface area contributed by atoms with Crippen molar-refractivity contribution in [2.45, 2.75) is 16.6 Å². The molecular weight excluding hydrogens is 488 g/mol. The fraction of sp³-hybridized carbons (Fsp3) is 0.217. The zero-order valence-electron chi connectivity index (χ0n) is 18.5. The second-order valence-corrected chi connectivity index (χ2v) is 9.77. The Morgan fingerprint density at radius 2 is 1.86 bits per heavy atom. The van der Waals surface area contributed by atoms with Gasteiger partial charge in [0.25, 0.3) is 5.91 Å². The molecule has 3 aromatic rings. The van der Waals surface area contributed by atoms with E-state index in [9.17, 15) is 14.8 Å². The smallest absolute Gasteiger partial charge is 0.356 e. The number of thioether (sulfide) groups is 2. The first kappa shape index (κ1) is 23.1. The van der Waals surface area contributed by atoms with Crippen LogP contribution >= 0.6 is 23.5 Å². The molecule has 1 fully saturated rings. The number of esters is 1. The van der Waals surface area contributed by atoms with E-state index in [1.165, 1.54) is 33.1 Å². The molecule has 2 aliphatic rings. The summed E-state index contributed by atoms with van der Waals surface area (Å²) in [5.74, 6) is -0.299. The van der Waals surface area contributed by atoms with Gasteiger partial charge in [0.05, 0.1) is 0 Å². The minimum Gasteiger partial charge on any atom is -0.448 e. The van der Waals surface area contributed by atoms with Crippen molar-refractivity contribution in [2.24, 2.45) is 12.2 Å². The maximum absolute atomic E-state index is 13.7. The Morgan fingerprint density at radius 3 is 2.43 bits per heavy atom. The van der Waals surface area contributed by atoms with Gasteiger partial charge < -0.3 is 9.94 Å². The molecule has 2 aliphatic heterocycles. The second-order valence-electron chi connectivity index (χ2n) is 7.76. The first-order valence-corrected chi connectivity index (χ1v) is 12.7. The summed E-state index contributed by atoms with van der Waals surface area (Å²) in [6.45, 7) is 0. The van der Waals surface area contributed by atoms with Crippen molar-refractivity contribution in [3.8, 4) is 0 Å². The minimum atomic E-state index is -0.662. The largest absolute Gasteiger partial charge is 0.448 e. The van der Waals surface area contributed by atoms with Crippen molar-refractivity contribution in [1.29, 1.82) is 0 Å². The van der Waals surface area contributed by atoms with Crippen LogP contribution in [0.25, 0.3) is 0 Å². The number of β-lactam (4-membered cyclic amide) rings is 1. The number of carbonyl (C=O) groups excluding carboxylic acids is 2. The number of rotatable bonds is 7. The van der Waals surface area contributed by atoms with E-state index in [1.807, 2.05) is 60.7 Å². The Balaban J connectivity index is 1.49. The van der Waals surface area contributed by atoms with E-state index >= 15 is 0 Å².